The van der Waals surface area contributed by atoms with Crippen molar-refractivity contribution in [2.24, 2.45) is 10.8 Å². The second-order valence-electron chi connectivity index (χ2n) is 25.8. The quantitative estimate of drug-likeness (QED) is 0.133. The Morgan fingerprint density at radius 2 is 1.15 bits per heavy atom. The monoisotopic (exact) mass is 1030 g/mol. The van der Waals surface area contributed by atoms with Crippen LogP contribution in [-0.2, 0) is 10.8 Å². The van der Waals surface area contributed by atoms with Gasteiger partial charge in [0.15, 0.2) is 0 Å². The standard InChI is InChI=1S/C77H74N2/c1-50(52-26-28-53(29-27-52)54-30-32-56(33-31-54)72(75(6,7)8)49-74(3,4)5)46-66-51(2)78(58-20-14-13-15-21-58)73-45-36-57(47-67(66)73)55-34-37-59(38-35-55)79(61-40-43-65-63-23-17-19-25-69(63)77(11,12)71(65)48-61)60-39-42-64-62-22-16-18-24-68(62)76(9,10)70(64)44-41-60/h13-43,45-48,72H,1-2,44,49H2,3-12H3/b66-46+. The van der Waals surface area contributed by atoms with Gasteiger partial charge in [-0.15, -0.1) is 0 Å². The zero-order chi connectivity index (χ0) is 55.2. The topological polar surface area (TPSA) is 8.17 Å². The zero-order valence-corrected chi connectivity index (χ0v) is 48.0. The molecule has 3 aliphatic rings. The first-order chi connectivity index (χ1) is 37.8. The maximum absolute atomic E-state index is 4.75. The predicted octanol–water partition coefficient (Wildman–Crippen LogP) is 19.5. The predicted molar refractivity (Wildman–Crippen MR) is 340 cm³/mol. The lowest BCUT2D eigenvalue weighted by atomic mass is 9.69. The SMILES string of the molecule is C=C(/C=c1\c(=C)n(-c2ccccc2)c2ccc(-c3ccc(N(C4=CCC5=C(C=C4)c4ccccc4C5(C)C)c4ccc5c(c4)C(C)(C)c4ccccc4-5)cc3)cc12)c1ccc(-c2ccc(C(CC(C)(C)C)C(C)(C)C)cc2)cc1. The van der Waals surface area contributed by atoms with Crippen LogP contribution in [0.4, 0.5) is 11.4 Å². The lowest BCUT2D eigenvalue weighted by Gasteiger charge is -2.36. The van der Waals surface area contributed by atoms with Crippen LogP contribution in [-0.4, -0.2) is 4.57 Å². The number of benzene rings is 8. The van der Waals surface area contributed by atoms with E-state index in [1.165, 1.54) is 66.9 Å². The van der Waals surface area contributed by atoms with E-state index in [2.05, 4.69) is 298 Å². The van der Waals surface area contributed by atoms with Gasteiger partial charge in [-0.25, -0.2) is 0 Å². The van der Waals surface area contributed by atoms with Gasteiger partial charge in [-0.2, -0.15) is 0 Å². The van der Waals surface area contributed by atoms with Crippen LogP contribution in [0, 0.1) is 10.8 Å². The second kappa shape index (κ2) is 19.3. The first-order valence-corrected chi connectivity index (χ1v) is 28.4. The van der Waals surface area contributed by atoms with E-state index < -0.39 is 0 Å². The van der Waals surface area contributed by atoms with Gasteiger partial charge in [0.05, 0.1) is 5.52 Å². The Morgan fingerprint density at radius 1 is 0.582 bits per heavy atom. The summed E-state index contributed by atoms with van der Waals surface area (Å²) in [4.78, 5) is 2.47. The van der Waals surface area contributed by atoms with Gasteiger partial charge in [0, 0.05) is 49.5 Å². The van der Waals surface area contributed by atoms with Gasteiger partial charge in [-0.1, -0.05) is 234 Å². The molecule has 0 aliphatic heterocycles. The average molecular weight is 1030 g/mol. The van der Waals surface area contributed by atoms with Gasteiger partial charge >= 0.3 is 0 Å². The number of hydrogen-bond donors (Lipinski definition) is 0. The molecular formula is C77H74N2. The van der Waals surface area contributed by atoms with E-state index in [1.807, 2.05) is 0 Å². The molecule has 392 valence electrons. The molecule has 0 fully saturated rings. The van der Waals surface area contributed by atoms with Crippen molar-refractivity contribution >= 4 is 46.1 Å². The van der Waals surface area contributed by atoms with Crippen LogP contribution in [0.3, 0.4) is 0 Å². The van der Waals surface area contributed by atoms with Crippen LogP contribution in [0.1, 0.15) is 121 Å². The molecular weight excluding hydrogens is 953 g/mol. The molecule has 1 aromatic heterocycles. The van der Waals surface area contributed by atoms with Crippen molar-refractivity contribution in [1.29, 1.82) is 0 Å². The zero-order valence-electron chi connectivity index (χ0n) is 48.0. The number of fused-ring (bicyclic) bond motifs is 6. The molecule has 2 heteroatoms. The van der Waals surface area contributed by atoms with Crippen molar-refractivity contribution in [3.63, 3.8) is 0 Å². The molecule has 0 radical (unpaired) electrons. The normalized spacial score (nSPS) is 15.8. The number of anilines is 2. The van der Waals surface area contributed by atoms with E-state index in [9.17, 15) is 0 Å². The van der Waals surface area contributed by atoms with Crippen molar-refractivity contribution < 1.29 is 0 Å². The Bertz CT molecular complexity index is 4080. The van der Waals surface area contributed by atoms with E-state index in [-0.39, 0.29) is 21.7 Å². The molecule has 1 unspecified atom stereocenters. The maximum Gasteiger partial charge on any atom is 0.0541 e. The Kier molecular flexibility index (Phi) is 12.6. The number of hydrogen-bond acceptors (Lipinski definition) is 1. The van der Waals surface area contributed by atoms with Crippen LogP contribution in [0.25, 0.3) is 73.8 Å². The summed E-state index contributed by atoms with van der Waals surface area (Å²) in [5.74, 6) is 0.480. The van der Waals surface area contributed by atoms with Gasteiger partial charge in [0.25, 0.3) is 0 Å². The van der Waals surface area contributed by atoms with E-state index >= 15 is 0 Å². The maximum atomic E-state index is 4.75. The second-order valence-corrected chi connectivity index (χ2v) is 25.8. The Hall–Kier alpha value is -8.20. The molecule has 1 atom stereocenters. The van der Waals surface area contributed by atoms with Crippen molar-refractivity contribution in [2.45, 2.75) is 98.8 Å². The van der Waals surface area contributed by atoms with Crippen LogP contribution >= 0.6 is 0 Å². The summed E-state index contributed by atoms with van der Waals surface area (Å²) in [7, 11) is 0. The highest BCUT2D eigenvalue weighted by atomic mass is 15.1. The molecule has 8 aromatic carbocycles. The average Bonchev–Trinajstić information content (AvgIpc) is 4.00. The van der Waals surface area contributed by atoms with Crippen molar-refractivity contribution in [3.8, 4) is 39.1 Å². The van der Waals surface area contributed by atoms with E-state index in [0.29, 0.717) is 5.92 Å². The molecule has 79 heavy (non-hydrogen) atoms. The third kappa shape index (κ3) is 9.20. The largest absolute Gasteiger partial charge is 0.311 e. The summed E-state index contributed by atoms with van der Waals surface area (Å²) in [6, 6.07) is 69.8. The minimum atomic E-state index is -0.128. The Morgan fingerprint density at radius 3 is 1.82 bits per heavy atom. The highest BCUT2D eigenvalue weighted by molar-refractivity contribution is 5.95. The number of rotatable bonds is 10. The molecule has 0 spiro atoms. The third-order valence-electron chi connectivity index (χ3n) is 17.7. The van der Waals surface area contributed by atoms with Gasteiger partial charge in [-0.3, -0.25) is 0 Å². The van der Waals surface area contributed by atoms with Crippen LogP contribution in [0.5, 0.6) is 0 Å². The molecule has 0 bridgehead atoms. The summed E-state index contributed by atoms with van der Waals surface area (Å²) >= 11 is 0. The molecule has 2 nitrogen and oxygen atoms in total. The number of nitrogens with zero attached hydrogens (tertiary/aromatic N) is 2. The lowest BCUT2D eigenvalue weighted by molar-refractivity contribution is 0.229. The molecule has 0 N–H and O–H groups in total. The molecule has 9 aromatic rings. The molecule has 0 saturated heterocycles. The van der Waals surface area contributed by atoms with E-state index in [0.717, 1.165) is 73.6 Å². The third-order valence-corrected chi connectivity index (χ3v) is 17.7. The van der Waals surface area contributed by atoms with Crippen LogP contribution in [0.15, 0.2) is 224 Å². The highest BCUT2D eigenvalue weighted by Crippen LogP contribution is 2.52. The first kappa shape index (κ1) is 51.6. The molecule has 0 saturated carbocycles. The Labute approximate surface area is 469 Å². The molecule has 0 amide bonds. The van der Waals surface area contributed by atoms with Gasteiger partial charge < -0.3 is 9.47 Å². The lowest BCUT2D eigenvalue weighted by Crippen LogP contribution is -2.26. The fourth-order valence-electron chi connectivity index (χ4n) is 13.3. The minimum Gasteiger partial charge on any atom is -0.311 e. The molecule has 12 rings (SSSR count). The van der Waals surface area contributed by atoms with Crippen molar-refractivity contribution in [1.82, 2.24) is 4.57 Å². The minimum absolute atomic E-state index is 0.0527. The van der Waals surface area contributed by atoms with Gasteiger partial charge in [-0.05, 0) is 174 Å². The van der Waals surface area contributed by atoms with Gasteiger partial charge in [0.2, 0.25) is 0 Å². The summed E-state index contributed by atoms with van der Waals surface area (Å²) in [6.45, 7) is 33.1. The summed E-state index contributed by atoms with van der Waals surface area (Å²) < 4.78 is 2.28. The highest BCUT2D eigenvalue weighted by Gasteiger charge is 2.38. The van der Waals surface area contributed by atoms with Crippen LogP contribution in [0.2, 0.25) is 0 Å². The molecule has 1 heterocycles. The summed E-state index contributed by atoms with van der Waals surface area (Å²) in [6.07, 6.45) is 11.4. The van der Waals surface area contributed by atoms with Crippen LogP contribution < -0.4 is 15.5 Å². The fourth-order valence-corrected chi connectivity index (χ4v) is 13.3. The number of aromatic nitrogens is 1. The fraction of sp³-hybridized carbons (Fsp3) is 0.221. The number of para-hydroxylation sites is 1. The summed E-state index contributed by atoms with van der Waals surface area (Å²) in [5, 5.41) is 3.13. The summed E-state index contributed by atoms with van der Waals surface area (Å²) in [5.41, 5.74) is 25.0. The molecule has 3 aliphatic carbocycles. The smallest absolute Gasteiger partial charge is 0.0541 e. The van der Waals surface area contributed by atoms with Crippen molar-refractivity contribution in [2.75, 3.05) is 4.90 Å². The number of allylic oxidation sites excluding steroid dienone is 6. The first-order valence-electron chi connectivity index (χ1n) is 28.4. The van der Waals surface area contributed by atoms with Crippen molar-refractivity contribution in [3.05, 3.63) is 268 Å². The van der Waals surface area contributed by atoms with Gasteiger partial charge in [0.1, 0.15) is 0 Å². The van der Waals surface area contributed by atoms with E-state index in [1.54, 1.807) is 0 Å². The van der Waals surface area contributed by atoms with E-state index in [4.69, 9.17) is 6.58 Å². The Balaban J connectivity index is 0.896.